The van der Waals surface area contributed by atoms with E-state index in [9.17, 15) is 0 Å². The largest absolute Gasteiger partial charge is 0.380 e. The number of hydrogen-bond acceptors (Lipinski definition) is 2. The number of allylic oxidation sites excluding steroid dienone is 3. The van der Waals surface area contributed by atoms with Gasteiger partial charge in [-0.2, -0.15) is 0 Å². The van der Waals surface area contributed by atoms with Crippen molar-refractivity contribution in [3.05, 3.63) is 59.7 Å². The van der Waals surface area contributed by atoms with Crippen molar-refractivity contribution in [2.45, 2.75) is 67.3 Å². The first-order valence-corrected chi connectivity index (χ1v) is 10.2. The van der Waals surface area contributed by atoms with Crippen LogP contribution in [0.1, 0.15) is 64.2 Å². The standard InChI is InChI=1S/C19H29NO.C3H8.C2H6/c1-5-7-8-9-12-18-13-10-11-17(3)19(18)16-20(4)14-15-21-6-2;1-3-2;1-2/h5,7-8,10-11,13H,1,6,9,12,14-16H2,2-4H3;3H2,1-2H3;1-2H3/b8-7-;;. The first-order valence-electron chi connectivity index (χ1n) is 10.2. The minimum atomic E-state index is 0.791. The zero-order chi connectivity index (χ0) is 20.2. The van der Waals surface area contributed by atoms with Crippen molar-refractivity contribution in [3.63, 3.8) is 0 Å². The SMILES string of the molecule is C=C/C=C\CCc1cccc(C)c1CN(C)CCOCC.CC.CCC. The molecule has 0 aromatic heterocycles. The highest BCUT2D eigenvalue weighted by molar-refractivity contribution is 5.34. The van der Waals surface area contributed by atoms with Gasteiger partial charge in [0.25, 0.3) is 0 Å². The van der Waals surface area contributed by atoms with Crippen molar-refractivity contribution < 1.29 is 4.74 Å². The Kier molecular flexibility index (Phi) is 20.6. The minimum Gasteiger partial charge on any atom is -0.380 e. The molecule has 1 aromatic carbocycles. The number of benzene rings is 1. The van der Waals surface area contributed by atoms with E-state index >= 15 is 0 Å². The van der Waals surface area contributed by atoms with Gasteiger partial charge in [-0.05, 0) is 50.4 Å². The Morgan fingerprint density at radius 1 is 1.15 bits per heavy atom. The zero-order valence-corrected chi connectivity index (χ0v) is 18.5. The molecule has 0 saturated heterocycles. The Hall–Kier alpha value is -1.38. The molecule has 0 spiro atoms. The number of hydrogen-bond donors (Lipinski definition) is 0. The number of ether oxygens (including phenoxy) is 1. The molecule has 0 unspecified atom stereocenters. The van der Waals surface area contributed by atoms with Gasteiger partial charge in [0.15, 0.2) is 0 Å². The van der Waals surface area contributed by atoms with E-state index in [-0.39, 0.29) is 0 Å². The van der Waals surface area contributed by atoms with E-state index in [0.717, 1.165) is 39.1 Å². The predicted molar refractivity (Wildman–Crippen MR) is 119 cm³/mol. The molecule has 1 aromatic rings. The van der Waals surface area contributed by atoms with Crippen LogP contribution in [0.3, 0.4) is 0 Å². The average Bonchev–Trinajstić information content (AvgIpc) is 2.64. The van der Waals surface area contributed by atoms with Crippen molar-refractivity contribution in [1.82, 2.24) is 4.90 Å². The van der Waals surface area contributed by atoms with Crippen LogP contribution >= 0.6 is 0 Å². The fraction of sp³-hybridized carbons (Fsp3) is 0.583. The molecule has 1 rings (SSSR count). The van der Waals surface area contributed by atoms with Crippen LogP contribution in [0.4, 0.5) is 0 Å². The first-order chi connectivity index (χ1) is 12.6. The summed E-state index contributed by atoms with van der Waals surface area (Å²) in [5.74, 6) is 0. The number of likely N-dealkylation sites (N-methyl/N-ethyl adjacent to an activating group) is 1. The van der Waals surface area contributed by atoms with Gasteiger partial charge in [0, 0.05) is 19.7 Å². The smallest absolute Gasteiger partial charge is 0.0593 e. The predicted octanol–water partition coefficient (Wildman–Crippen LogP) is 6.58. The average molecular weight is 362 g/mol. The third-order valence-corrected chi connectivity index (χ3v) is 3.61. The highest BCUT2D eigenvalue weighted by Crippen LogP contribution is 2.18. The quantitative estimate of drug-likeness (QED) is 0.345. The van der Waals surface area contributed by atoms with Gasteiger partial charge in [-0.3, -0.25) is 4.90 Å². The Morgan fingerprint density at radius 3 is 2.38 bits per heavy atom. The summed E-state index contributed by atoms with van der Waals surface area (Å²) in [5, 5.41) is 0. The van der Waals surface area contributed by atoms with E-state index < -0.39 is 0 Å². The highest BCUT2D eigenvalue weighted by atomic mass is 16.5. The topological polar surface area (TPSA) is 12.5 Å². The molecule has 0 bridgehead atoms. The van der Waals surface area contributed by atoms with E-state index in [2.05, 4.69) is 63.6 Å². The van der Waals surface area contributed by atoms with E-state index in [0.29, 0.717) is 0 Å². The van der Waals surface area contributed by atoms with Gasteiger partial charge in [-0.1, -0.05) is 77.1 Å². The van der Waals surface area contributed by atoms with Crippen molar-refractivity contribution in [2.24, 2.45) is 0 Å². The molecule has 26 heavy (non-hydrogen) atoms. The molecule has 0 radical (unpaired) electrons. The summed E-state index contributed by atoms with van der Waals surface area (Å²) < 4.78 is 5.43. The van der Waals surface area contributed by atoms with Crippen LogP contribution in [-0.2, 0) is 17.7 Å². The summed E-state index contributed by atoms with van der Waals surface area (Å²) in [7, 11) is 2.16. The first kappa shape index (κ1) is 26.8. The summed E-state index contributed by atoms with van der Waals surface area (Å²) in [6, 6.07) is 6.61. The van der Waals surface area contributed by atoms with Gasteiger partial charge >= 0.3 is 0 Å². The fourth-order valence-electron chi connectivity index (χ4n) is 2.37. The summed E-state index contributed by atoms with van der Waals surface area (Å²) in [6.45, 7) is 19.7. The lowest BCUT2D eigenvalue weighted by Gasteiger charge is -2.20. The minimum absolute atomic E-state index is 0.791. The lowest BCUT2D eigenvalue weighted by molar-refractivity contribution is 0.120. The Balaban J connectivity index is 0. The fourth-order valence-corrected chi connectivity index (χ4v) is 2.37. The van der Waals surface area contributed by atoms with Gasteiger partial charge < -0.3 is 4.74 Å². The molecule has 0 N–H and O–H groups in total. The second-order valence-electron chi connectivity index (χ2n) is 6.06. The normalized spacial score (nSPS) is 10.2. The highest BCUT2D eigenvalue weighted by Gasteiger charge is 2.08. The Bertz CT molecular complexity index is 465. The van der Waals surface area contributed by atoms with E-state index in [1.165, 1.54) is 23.1 Å². The molecule has 0 fully saturated rings. The third-order valence-electron chi connectivity index (χ3n) is 3.61. The maximum Gasteiger partial charge on any atom is 0.0593 e. The summed E-state index contributed by atoms with van der Waals surface area (Å²) in [6.07, 6.45) is 9.42. The zero-order valence-electron chi connectivity index (χ0n) is 18.5. The van der Waals surface area contributed by atoms with Gasteiger partial charge in [-0.25, -0.2) is 0 Å². The summed E-state index contributed by atoms with van der Waals surface area (Å²) in [4.78, 5) is 2.33. The van der Waals surface area contributed by atoms with Crippen LogP contribution < -0.4 is 0 Å². The summed E-state index contributed by atoms with van der Waals surface area (Å²) in [5.41, 5.74) is 4.29. The lowest BCUT2D eigenvalue weighted by atomic mass is 9.98. The molecule has 0 aliphatic carbocycles. The van der Waals surface area contributed by atoms with E-state index in [4.69, 9.17) is 4.74 Å². The molecule has 0 aliphatic heterocycles. The molecule has 0 atom stereocenters. The van der Waals surface area contributed by atoms with Gasteiger partial charge in [0.1, 0.15) is 0 Å². The molecule has 2 nitrogen and oxygen atoms in total. The second kappa shape index (κ2) is 19.9. The molecular formula is C24H43NO. The monoisotopic (exact) mass is 361 g/mol. The van der Waals surface area contributed by atoms with E-state index in [1.54, 1.807) is 0 Å². The van der Waals surface area contributed by atoms with Crippen LogP contribution in [0.5, 0.6) is 0 Å². The van der Waals surface area contributed by atoms with Gasteiger partial charge in [-0.15, -0.1) is 0 Å². The van der Waals surface area contributed by atoms with Crippen LogP contribution in [0.25, 0.3) is 0 Å². The second-order valence-corrected chi connectivity index (χ2v) is 6.06. The Morgan fingerprint density at radius 2 is 1.81 bits per heavy atom. The molecular weight excluding hydrogens is 318 g/mol. The Labute approximate surface area is 164 Å². The lowest BCUT2D eigenvalue weighted by Crippen LogP contribution is -2.24. The summed E-state index contributed by atoms with van der Waals surface area (Å²) >= 11 is 0. The van der Waals surface area contributed by atoms with Crippen LogP contribution in [0.2, 0.25) is 0 Å². The number of aryl methyl sites for hydroxylation is 2. The van der Waals surface area contributed by atoms with Crippen LogP contribution in [0, 0.1) is 6.92 Å². The maximum absolute atomic E-state index is 5.43. The van der Waals surface area contributed by atoms with Gasteiger partial charge in [0.2, 0.25) is 0 Å². The van der Waals surface area contributed by atoms with Crippen molar-refractivity contribution in [2.75, 3.05) is 26.8 Å². The van der Waals surface area contributed by atoms with Crippen LogP contribution in [-0.4, -0.2) is 31.7 Å². The van der Waals surface area contributed by atoms with Gasteiger partial charge in [0.05, 0.1) is 6.61 Å². The molecule has 150 valence electrons. The molecule has 0 aliphatic rings. The molecule has 0 amide bonds. The third kappa shape index (κ3) is 13.9. The molecule has 0 saturated carbocycles. The van der Waals surface area contributed by atoms with Crippen LogP contribution in [0.15, 0.2) is 43.0 Å². The van der Waals surface area contributed by atoms with Crippen molar-refractivity contribution in [1.29, 1.82) is 0 Å². The molecule has 2 heteroatoms. The maximum atomic E-state index is 5.43. The van der Waals surface area contributed by atoms with Crippen molar-refractivity contribution in [3.8, 4) is 0 Å². The van der Waals surface area contributed by atoms with E-state index in [1.807, 2.05) is 32.9 Å². The number of nitrogens with zero attached hydrogens (tertiary/aromatic N) is 1. The number of rotatable bonds is 10. The molecule has 0 heterocycles. The van der Waals surface area contributed by atoms with Crippen molar-refractivity contribution >= 4 is 0 Å².